The molecule has 0 aliphatic carbocycles. The molecular weight excluding hydrogens is 226 g/mol. The monoisotopic (exact) mass is 243 g/mol. The first-order valence-corrected chi connectivity index (χ1v) is 5.86. The van der Waals surface area contributed by atoms with Crippen molar-refractivity contribution in [2.24, 2.45) is 0 Å². The van der Waals surface area contributed by atoms with Crippen LogP contribution in [0.3, 0.4) is 0 Å². The third kappa shape index (κ3) is 2.95. The van der Waals surface area contributed by atoms with Gasteiger partial charge in [-0.25, -0.2) is 0 Å². The number of nitrogens with one attached hydrogen (secondary N) is 1. The first-order chi connectivity index (χ1) is 7.62. The van der Waals surface area contributed by atoms with Gasteiger partial charge in [-0.1, -0.05) is 6.92 Å². The minimum absolute atomic E-state index is 0.219. The maximum absolute atomic E-state index is 5.85. The zero-order valence-corrected chi connectivity index (χ0v) is 10.9. The summed E-state index contributed by atoms with van der Waals surface area (Å²) in [5.74, 6) is 1.12. The molecule has 0 radical (unpaired) electrons. The number of hydrogen-bond donors (Lipinski definition) is 1. The van der Waals surface area contributed by atoms with Crippen LogP contribution in [0.15, 0.2) is 0 Å². The van der Waals surface area contributed by atoms with Gasteiger partial charge in [0.05, 0.1) is 0 Å². The highest BCUT2D eigenvalue weighted by Gasteiger charge is 2.15. The first-order valence-electron chi connectivity index (χ1n) is 5.48. The molecule has 1 aromatic heterocycles. The van der Waals surface area contributed by atoms with Gasteiger partial charge in [-0.2, -0.15) is 15.0 Å². The van der Waals surface area contributed by atoms with Crippen LogP contribution in [0.25, 0.3) is 0 Å². The third-order valence-corrected chi connectivity index (χ3v) is 2.71. The number of anilines is 2. The zero-order valence-electron chi connectivity index (χ0n) is 10.2. The topological polar surface area (TPSA) is 53.9 Å². The Bertz CT molecular complexity index is 344. The molecule has 16 heavy (non-hydrogen) atoms. The lowest BCUT2D eigenvalue weighted by Gasteiger charge is -2.27. The van der Waals surface area contributed by atoms with Crippen molar-refractivity contribution in [1.29, 1.82) is 0 Å². The van der Waals surface area contributed by atoms with Gasteiger partial charge in [0.15, 0.2) is 0 Å². The molecule has 0 aliphatic heterocycles. The summed E-state index contributed by atoms with van der Waals surface area (Å²) < 4.78 is 0. The molecule has 0 saturated carbocycles. The molecule has 0 aliphatic rings. The summed E-state index contributed by atoms with van der Waals surface area (Å²) in [6.45, 7) is 7.19. The predicted octanol–water partition coefficient (Wildman–Crippen LogP) is 2.19. The fourth-order valence-corrected chi connectivity index (χ4v) is 1.61. The zero-order chi connectivity index (χ0) is 12.1. The van der Waals surface area contributed by atoms with Crippen molar-refractivity contribution in [1.82, 2.24) is 15.0 Å². The smallest absolute Gasteiger partial charge is 0.231 e. The number of nitrogens with zero attached hydrogens (tertiary/aromatic N) is 4. The van der Waals surface area contributed by atoms with E-state index in [0.717, 1.165) is 13.0 Å². The summed E-state index contributed by atoms with van der Waals surface area (Å²) in [5, 5.41) is 3.09. The van der Waals surface area contributed by atoms with Crippen molar-refractivity contribution in [2.45, 2.75) is 33.2 Å². The number of hydrogen-bond acceptors (Lipinski definition) is 5. The summed E-state index contributed by atoms with van der Waals surface area (Å²) in [4.78, 5) is 14.5. The van der Waals surface area contributed by atoms with Gasteiger partial charge in [-0.05, 0) is 31.9 Å². The van der Waals surface area contributed by atoms with E-state index in [-0.39, 0.29) is 5.28 Å². The minimum atomic E-state index is 0.219. The van der Waals surface area contributed by atoms with Crippen molar-refractivity contribution < 1.29 is 0 Å². The summed E-state index contributed by atoms with van der Waals surface area (Å²) in [6.07, 6.45) is 1.03. The minimum Gasteiger partial charge on any atom is -0.357 e. The first kappa shape index (κ1) is 13.0. The molecule has 1 N–H and O–H groups in total. The SMILES string of the molecule is CCC(C)N(CC)c1nc(Cl)nc(NC)n1. The average molecular weight is 244 g/mol. The van der Waals surface area contributed by atoms with Gasteiger partial charge in [0.25, 0.3) is 0 Å². The molecule has 1 rings (SSSR count). The Balaban J connectivity index is 3.04. The molecule has 0 amide bonds. The van der Waals surface area contributed by atoms with Crippen molar-refractivity contribution in [3.63, 3.8) is 0 Å². The Morgan fingerprint density at radius 2 is 2.00 bits per heavy atom. The highest BCUT2D eigenvalue weighted by atomic mass is 35.5. The molecule has 6 heteroatoms. The van der Waals surface area contributed by atoms with Crippen LogP contribution >= 0.6 is 11.6 Å². The second-order valence-corrected chi connectivity index (χ2v) is 3.86. The lowest BCUT2D eigenvalue weighted by molar-refractivity contribution is 0.613. The molecule has 0 fully saturated rings. The maximum Gasteiger partial charge on any atom is 0.231 e. The Morgan fingerprint density at radius 1 is 1.31 bits per heavy atom. The van der Waals surface area contributed by atoms with E-state index in [1.807, 2.05) is 0 Å². The summed E-state index contributed by atoms with van der Waals surface area (Å²) in [5.41, 5.74) is 0. The summed E-state index contributed by atoms with van der Waals surface area (Å²) in [6, 6.07) is 0.383. The fraction of sp³-hybridized carbons (Fsp3) is 0.700. The molecule has 1 aromatic rings. The van der Waals surface area contributed by atoms with Gasteiger partial charge < -0.3 is 10.2 Å². The summed E-state index contributed by atoms with van der Waals surface area (Å²) >= 11 is 5.85. The lowest BCUT2D eigenvalue weighted by atomic mass is 10.2. The van der Waals surface area contributed by atoms with Crippen LogP contribution < -0.4 is 10.2 Å². The average Bonchev–Trinajstić information content (AvgIpc) is 2.29. The predicted molar refractivity (Wildman–Crippen MR) is 67.2 cm³/mol. The highest BCUT2D eigenvalue weighted by molar-refractivity contribution is 6.28. The molecule has 0 saturated heterocycles. The van der Waals surface area contributed by atoms with Crippen LogP contribution in [0.2, 0.25) is 5.28 Å². The van der Waals surface area contributed by atoms with Crippen LogP contribution in [0.1, 0.15) is 27.2 Å². The quantitative estimate of drug-likeness (QED) is 0.859. The van der Waals surface area contributed by atoms with Crippen molar-refractivity contribution in [2.75, 3.05) is 23.8 Å². The van der Waals surface area contributed by atoms with Crippen molar-refractivity contribution in [3.05, 3.63) is 5.28 Å². The van der Waals surface area contributed by atoms with Gasteiger partial charge in [0.2, 0.25) is 17.2 Å². The van der Waals surface area contributed by atoms with E-state index in [4.69, 9.17) is 11.6 Å². The van der Waals surface area contributed by atoms with E-state index >= 15 is 0 Å². The van der Waals surface area contributed by atoms with Crippen LogP contribution in [-0.2, 0) is 0 Å². The largest absolute Gasteiger partial charge is 0.357 e. The Morgan fingerprint density at radius 3 is 2.50 bits per heavy atom. The maximum atomic E-state index is 5.85. The van der Waals surface area contributed by atoms with Crippen LogP contribution in [0.5, 0.6) is 0 Å². The molecule has 1 unspecified atom stereocenters. The molecule has 90 valence electrons. The van der Waals surface area contributed by atoms with Crippen molar-refractivity contribution >= 4 is 23.5 Å². The Kier molecular flexibility index (Phi) is 4.73. The van der Waals surface area contributed by atoms with Crippen LogP contribution in [-0.4, -0.2) is 34.6 Å². The van der Waals surface area contributed by atoms with E-state index < -0.39 is 0 Å². The van der Waals surface area contributed by atoms with E-state index in [1.165, 1.54) is 0 Å². The van der Waals surface area contributed by atoms with Gasteiger partial charge in [0.1, 0.15) is 0 Å². The van der Waals surface area contributed by atoms with Gasteiger partial charge in [-0.3, -0.25) is 0 Å². The third-order valence-electron chi connectivity index (χ3n) is 2.54. The molecule has 5 nitrogen and oxygen atoms in total. The molecule has 0 spiro atoms. The van der Waals surface area contributed by atoms with Gasteiger partial charge in [0, 0.05) is 19.6 Å². The highest BCUT2D eigenvalue weighted by Crippen LogP contribution is 2.16. The molecule has 0 aromatic carbocycles. The molecule has 1 atom stereocenters. The number of rotatable bonds is 5. The van der Waals surface area contributed by atoms with Crippen LogP contribution in [0, 0.1) is 0 Å². The van der Waals surface area contributed by atoms with Crippen molar-refractivity contribution in [3.8, 4) is 0 Å². The van der Waals surface area contributed by atoms with E-state index in [0.29, 0.717) is 17.9 Å². The van der Waals surface area contributed by atoms with E-state index in [2.05, 4.69) is 45.9 Å². The second-order valence-electron chi connectivity index (χ2n) is 3.52. The molecule has 0 bridgehead atoms. The lowest BCUT2D eigenvalue weighted by Crippen LogP contribution is -2.34. The van der Waals surface area contributed by atoms with Gasteiger partial charge >= 0.3 is 0 Å². The second kappa shape index (κ2) is 5.84. The standard InChI is InChI=1S/C10H18ClN5/c1-5-7(3)16(6-2)10-14-8(11)13-9(12-4)15-10/h7H,5-6H2,1-4H3,(H,12,13,14,15). The molecule has 1 heterocycles. The fourth-order valence-electron chi connectivity index (χ4n) is 1.45. The number of halogens is 1. The van der Waals surface area contributed by atoms with E-state index in [1.54, 1.807) is 7.05 Å². The Hall–Kier alpha value is -1.10. The molecular formula is C10H18ClN5. The van der Waals surface area contributed by atoms with Crippen LogP contribution in [0.4, 0.5) is 11.9 Å². The normalized spacial score (nSPS) is 12.3. The number of aromatic nitrogens is 3. The van der Waals surface area contributed by atoms with Gasteiger partial charge in [-0.15, -0.1) is 0 Å². The summed E-state index contributed by atoms with van der Waals surface area (Å²) in [7, 11) is 1.76. The van der Waals surface area contributed by atoms with E-state index in [9.17, 15) is 0 Å². The Labute approximate surface area is 101 Å².